The Bertz CT molecular complexity index is 500. The summed E-state index contributed by atoms with van der Waals surface area (Å²) in [7, 11) is 1.15. The highest BCUT2D eigenvalue weighted by Gasteiger charge is 2.40. The first-order valence-corrected chi connectivity index (χ1v) is 6.08. The third kappa shape index (κ3) is 3.72. The van der Waals surface area contributed by atoms with Crippen molar-refractivity contribution in [3.63, 3.8) is 0 Å². The van der Waals surface area contributed by atoms with Crippen molar-refractivity contribution in [2.24, 2.45) is 0 Å². The number of alkyl halides is 3. The van der Waals surface area contributed by atoms with Crippen LogP contribution in [0.4, 0.5) is 13.2 Å². The maximum Gasteiger partial charge on any atom is 0.401 e. The molecule has 0 radical (unpaired) electrons. The van der Waals surface area contributed by atoms with Crippen LogP contribution in [0.1, 0.15) is 23.6 Å². The minimum absolute atomic E-state index is 0.471. The van der Waals surface area contributed by atoms with Gasteiger partial charge in [-0.15, -0.1) is 0 Å². The van der Waals surface area contributed by atoms with Gasteiger partial charge in [-0.05, 0) is 31.9 Å². The van der Waals surface area contributed by atoms with Gasteiger partial charge in [0.05, 0.1) is 13.7 Å². The predicted octanol–water partition coefficient (Wildman–Crippen LogP) is 2.84. The highest BCUT2D eigenvalue weighted by atomic mass is 19.4. The smallest absolute Gasteiger partial charge is 0.401 e. The van der Waals surface area contributed by atoms with E-state index >= 15 is 0 Å². The van der Waals surface area contributed by atoms with E-state index in [1.807, 2.05) is 13.0 Å². The van der Waals surface area contributed by atoms with Crippen LogP contribution >= 0.6 is 0 Å². The predicted molar refractivity (Wildman–Crippen MR) is 69.3 cm³/mol. The standard InChI is InChI=1S/C14H18F3NO2/c1-9-5-6-11(10(2)7-9)13(3,12(19)20-4)18-8-14(15,16)17/h5-7,18H,8H2,1-4H3. The topological polar surface area (TPSA) is 38.3 Å². The Morgan fingerprint density at radius 3 is 2.35 bits per heavy atom. The first kappa shape index (κ1) is 16.5. The summed E-state index contributed by atoms with van der Waals surface area (Å²) >= 11 is 0. The Hall–Kier alpha value is -1.56. The Labute approximate surface area is 116 Å². The van der Waals surface area contributed by atoms with E-state index in [1.165, 1.54) is 6.92 Å². The van der Waals surface area contributed by atoms with Crippen molar-refractivity contribution in [3.05, 3.63) is 34.9 Å². The molecule has 0 spiro atoms. The molecule has 0 fully saturated rings. The van der Waals surface area contributed by atoms with Crippen LogP contribution in [0.15, 0.2) is 18.2 Å². The number of ether oxygens (including phenoxy) is 1. The summed E-state index contributed by atoms with van der Waals surface area (Å²) in [6.07, 6.45) is -4.41. The van der Waals surface area contributed by atoms with Crippen molar-refractivity contribution in [2.45, 2.75) is 32.5 Å². The van der Waals surface area contributed by atoms with Crippen LogP contribution < -0.4 is 5.32 Å². The molecule has 1 unspecified atom stereocenters. The fourth-order valence-corrected chi connectivity index (χ4v) is 2.13. The molecule has 20 heavy (non-hydrogen) atoms. The molecule has 1 aromatic rings. The Morgan fingerprint density at radius 2 is 1.90 bits per heavy atom. The summed E-state index contributed by atoms with van der Waals surface area (Å²) in [5.74, 6) is -0.756. The highest BCUT2D eigenvalue weighted by molar-refractivity contribution is 5.82. The molecular weight excluding hydrogens is 271 g/mol. The number of halogens is 3. The zero-order chi connectivity index (χ0) is 15.6. The van der Waals surface area contributed by atoms with Crippen molar-refractivity contribution in [3.8, 4) is 0 Å². The summed E-state index contributed by atoms with van der Waals surface area (Å²) in [5.41, 5.74) is 0.628. The monoisotopic (exact) mass is 289 g/mol. The molecule has 0 aromatic heterocycles. The minimum Gasteiger partial charge on any atom is -0.467 e. The Morgan fingerprint density at radius 1 is 1.30 bits per heavy atom. The van der Waals surface area contributed by atoms with Gasteiger partial charge >= 0.3 is 12.1 Å². The van der Waals surface area contributed by atoms with Crippen LogP contribution in [0, 0.1) is 13.8 Å². The summed E-state index contributed by atoms with van der Waals surface area (Å²) in [5, 5.41) is 2.26. The van der Waals surface area contributed by atoms with Crippen LogP contribution in [-0.4, -0.2) is 25.8 Å². The molecule has 0 aliphatic carbocycles. The van der Waals surface area contributed by atoms with Crippen molar-refractivity contribution in [2.75, 3.05) is 13.7 Å². The fraction of sp³-hybridized carbons (Fsp3) is 0.500. The van der Waals surface area contributed by atoms with E-state index in [0.29, 0.717) is 5.56 Å². The van der Waals surface area contributed by atoms with Crippen molar-refractivity contribution < 1.29 is 22.7 Å². The third-order valence-electron chi connectivity index (χ3n) is 3.16. The molecule has 1 N–H and O–H groups in total. The second-order valence-corrected chi connectivity index (χ2v) is 4.90. The van der Waals surface area contributed by atoms with Crippen LogP contribution in [0.3, 0.4) is 0 Å². The molecule has 112 valence electrons. The van der Waals surface area contributed by atoms with Gasteiger partial charge in [0, 0.05) is 0 Å². The first-order chi connectivity index (χ1) is 9.10. The molecule has 0 heterocycles. The van der Waals surface area contributed by atoms with E-state index in [1.54, 1.807) is 19.1 Å². The van der Waals surface area contributed by atoms with Crippen LogP contribution in [-0.2, 0) is 15.1 Å². The van der Waals surface area contributed by atoms with E-state index in [4.69, 9.17) is 0 Å². The summed E-state index contributed by atoms with van der Waals surface area (Å²) in [4.78, 5) is 11.9. The summed E-state index contributed by atoms with van der Waals surface area (Å²) in [6.45, 7) is 3.74. The molecule has 0 bridgehead atoms. The quantitative estimate of drug-likeness (QED) is 0.866. The van der Waals surface area contributed by atoms with E-state index in [9.17, 15) is 18.0 Å². The SMILES string of the molecule is COC(=O)C(C)(NCC(F)(F)F)c1ccc(C)cc1C. The van der Waals surface area contributed by atoms with Gasteiger partial charge in [-0.2, -0.15) is 13.2 Å². The lowest BCUT2D eigenvalue weighted by atomic mass is 9.87. The zero-order valence-corrected chi connectivity index (χ0v) is 11.9. The number of hydrogen-bond acceptors (Lipinski definition) is 3. The number of benzene rings is 1. The molecule has 0 aliphatic heterocycles. The molecule has 1 rings (SSSR count). The number of carbonyl (C=O) groups is 1. The number of methoxy groups -OCH3 is 1. The summed E-state index contributed by atoms with van der Waals surface area (Å²) in [6, 6.07) is 5.20. The number of carbonyl (C=O) groups excluding carboxylic acids is 1. The van der Waals surface area contributed by atoms with Gasteiger partial charge < -0.3 is 4.74 Å². The third-order valence-corrected chi connectivity index (χ3v) is 3.16. The van der Waals surface area contributed by atoms with E-state index in [0.717, 1.165) is 18.2 Å². The minimum atomic E-state index is -4.41. The molecule has 1 aromatic carbocycles. The zero-order valence-electron chi connectivity index (χ0n) is 11.9. The maximum absolute atomic E-state index is 12.4. The molecule has 6 heteroatoms. The lowest BCUT2D eigenvalue weighted by Crippen LogP contribution is -2.51. The van der Waals surface area contributed by atoms with Gasteiger partial charge in [0.2, 0.25) is 0 Å². The second kappa shape index (κ2) is 5.83. The fourth-order valence-electron chi connectivity index (χ4n) is 2.13. The first-order valence-electron chi connectivity index (χ1n) is 6.08. The Balaban J connectivity index is 3.20. The maximum atomic E-state index is 12.4. The molecular formula is C14H18F3NO2. The van der Waals surface area contributed by atoms with Crippen molar-refractivity contribution >= 4 is 5.97 Å². The van der Waals surface area contributed by atoms with Crippen molar-refractivity contribution in [1.29, 1.82) is 0 Å². The molecule has 1 atom stereocenters. The van der Waals surface area contributed by atoms with E-state index in [2.05, 4.69) is 10.1 Å². The van der Waals surface area contributed by atoms with Gasteiger partial charge in [-0.1, -0.05) is 23.8 Å². The van der Waals surface area contributed by atoms with Crippen LogP contribution in [0.5, 0.6) is 0 Å². The number of aryl methyl sites for hydroxylation is 2. The van der Waals surface area contributed by atoms with Gasteiger partial charge in [0.25, 0.3) is 0 Å². The van der Waals surface area contributed by atoms with Gasteiger partial charge in [0.15, 0.2) is 0 Å². The second-order valence-electron chi connectivity index (χ2n) is 4.90. The van der Waals surface area contributed by atoms with Crippen LogP contribution in [0.25, 0.3) is 0 Å². The molecule has 0 saturated heterocycles. The Kier molecular flexibility index (Phi) is 4.81. The number of rotatable bonds is 4. The number of hydrogen-bond donors (Lipinski definition) is 1. The van der Waals surface area contributed by atoms with Crippen LogP contribution in [0.2, 0.25) is 0 Å². The highest BCUT2D eigenvalue weighted by Crippen LogP contribution is 2.27. The van der Waals surface area contributed by atoms with Gasteiger partial charge in [-0.25, -0.2) is 4.79 Å². The lowest BCUT2D eigenvalue weighted by molar-refractivity contribution is -0.153. The molecule has 0 saturated carbocycles. The molecule has 0 aliphatic rings. The van der Waals surface area contributed by atoms with Crippen molar-refractivity contribution in [1.82, 2.24) is 5.32 Å². The number of nitrogens with one attached hydrogen (secondary N) is 1. The average molecular weight is 289 g/mol. The summed E-state index contributed by atoms with van der Waals surface area (Å²) < 4.78 is 41.9. The van der Waals surface area contributed by atoms with E-state index in [-0.39, 0.29) is 0 Å². The average Bonchev–Trinajstić information content (AvgIpc) is 2.34. The molecule has 3 nitrogen and oxygen atoms in total. The number of esters is 1. The normalized spacial score (nSPS) is 14.8. The largest absolute Gasteiger partial charge is 0.467 e. The lowest BCUT2D eigenvalue weighted by Gasteiger charge is -2.30. The molecule has 0 amide bonds. The van der Waals surface area contributed by atoms with E-state index < -0.39 is 24.2 Å². The van der Waals surface area contributed by atoms with Gasteiger partial charge in [0.1, 0.15) is 5.54 Å². The van der Waals surface area contributed by atoms with Gasteiger partial charge in [-0.3, -0.25) is 5.32 Å².